The highest BCUT2D eigenvalue weighted by molar-refractivity contribution is 5.80. The van der Waals surface area contributed by atoms with E-state index >= 15 is 0 Å². The zero-order valence-corrected chi connectivity index (χ0v) is 12.2. The highest BCUT2D eigenvalue weighted by atomic mass is 16.5. The minimum atomic E-state index is 0.691. The summed E-state index contributed by atoms with van der Waals surface area (Å²) < 4.78 is 0. The molecular weight excluding hydrogens is 272 g/mol. The van der Waals surface area contributed by atoms with E-state index in [9.17, 15) is 5.21 Å². The van der Waals surface area contributed by atoms with Gasteiger partial charge in [0.2, 0.25) is 0 Å². The monoisotopic (exact) mass is 290 g/mol. The third kappa shape index (κ3) is 3.27. The Morgan fingerprint density at radius 1 is 0.773 bits per heavy atom. The molecule has 0 aromatic heterocycles. The van der Waals surface area contributed by atoms with Crippen LogP contribution in [-0.2, 0) is 6.54 Å². The summed E-state index contributed by atoms with van der Waals surface area (Å²) in [6, 6.07) is 26.1. The lowest BCUT2D eigenvalue weighted by Crippen LogP contribution is -2.00. The molecule has 0 atom stereocenters. The predicted octanol–water partition coefficient (Wildman–Crippen LogP) is 4.77. The lowest BCUT2D eigenvalue weighted by molar-refractivity contribution is 0.389. The molecule has 22 heavy (non-hydrogen) atoms. The van der Waals surface area contributed by atoms with Gasteiger partial charge in [-0.1, -0.05) is 60.7 Å². The van der Waals surface area contributed by atoms with Gasteiger partial charge in [-0.05, 0) is 29.3 Å². The van der Waals surface area contributed by atoms with Crippen LogP contribution in [0.5, 0.6) is 0 Å². The lowest BCUT2D eigenvalue weighted by Gasteiger charge is -2.12. The largest absolute Gasteiger partial charge is 0.381 e. The van der Waals surface area contributed by atoms with Gasteiger partial charge in [0.05, 0.1) is 5.69 Å². The Hall–Kier alpha value is -2.78. The Kier molecular flexibility index (Phi) is 4.37. The predicted molar refractivity (Wildman–Crippen MR) is 91.1 cm³/mol. The first kappa shape index (κ1) is 14.2. The van der Waals surface area contributed by atoms with E-state index in [1.54, 1.807) is 0 Å². The van der Waals surface area contributed by atoms with E-state index in [1.165, 1.54) is 5.56 Å². The minimum Gasteiger partial charge on any atom is -0.381 e. The minimum absolute atomic E-state index is 0.691. The van der Waals surface area contributed by atoms with Gasteiger partial charge in [-0.2, -0.15) is 0 Å². The van der Waals surface area contributed by atoms with Crippen LogP contribution in [0.1, 0.15) is 5.56 Å². The lowest BCUT2D eigenvalue weighted by atomic mass is 10.0. The molecule has 0 heterocycles. The molecule has 0 saturated heterocycles. The number of hydrogen-bond donors (Lipinski definition) is 3. The van der Waals surface area contributed by atoms with Crippen molar-refractivity contribution in [1.82, 2.24) is 0 Å². The van der Waals surface area contributed by atoms with Gasteiger partial charge in [-0.3, -0.25) is 10.7 Å². The van der Waals surface area contributed by atoms with E-state index in [-0.39, 0.29) is 0 Å². The van der Waals surface area contributed by atoms with Crippen molar-refractivity contribution in [2.45, 2.75) is 6.54 Å². The Morgan fingerprint density at radius 3 is 2.14 bits per heavy atom. The van der Waals surface area contributed by atoms with Crippen molar-refractivity contribution in [2.24, 2.45) is 0 Å². The fraction of sp³-hybridized carbons (Fsp3) is 0.0526. The SMILES string of the molecule is ONc1ccc(NCc2ccccc2)cc1-c1ccccc1. The molecule has 0 aliphatic rings. The topological polar surface area (TPSA) is 44.3 Å². The second-order valence-corrected chi connectivity index (χ2v) is 5.08. The first-order valence-corrected chi connectivity index (χ1v) is 7.24. The number of hydrogen-bond acceptors (Lipinski definition) is 3. The van der Waals surface area contributed by atoms with E-state index in [4.69, 9.17) is 0 Å². The maximum atomic E-state index is 9.31. The maximum Gasteiger partial charge on any atom is 0.0681 e. The summed E-state index contributed by atoms with van der Waals surface area (Å²) in [4.78, 5) is 0. The van der Waals surface area contributed by atoms with Gasteiger partial charge in [0.1, 0.15) is 0 Å². The van der Waals surface area contributed by atoms with Crippen LogP contribution in [-0.4, -0.2) is 5.21 Å². The summed E-state index contributed by atoms with van der Waals surface area (Å²) in [6.45, 7) is 0.765. The van der Waals surface area contributed by atoms with Crippen LogP contribution in [0.3, 0.4) is 0 Å². The van der Waals surface area contributed by atoms with Gasteiger partial charge in [-0.25, -0.2) is 0 Å². The van der Waals surface area contributed by atoms with Crippen LogP contribution in [0.4, 0.5) is 11.4 Å². The molecule has 0 aliphatic heterocycles. The molecule has 3 rings (SSSR count). The van der Waals surface area contributed by atoms with Crippen molar-refractivity contribution >= 4 is 11.4 Å². The van der Waals surface area contributed by atoms with Gasteiger partial charge in [-0.15, -0.1) is 0 Å². The molecule has 0 amide bonds. The van der Waals surface area contributed by atoms with Crippen molar-refractivity contribution in [3.63, 3.8) is 0 Å². The van der Waals surface area contributed by atoms with Crippen molar-refractivity contribution in [3.8, 4) is 11.1 Å². The molecule has 3 heteroatoms. The standard InChI is InChI=1S/C19H18N2O/c22-21-19-12-11-17(20-14-15-7-3-1-4-8-15)13-18(19)16-9-5-2-6-10-16/h1-13,20-22H,14H2. The molecule has 0 bridgehead atoms. The van der Waals surface area contributed by atoms with Gasteiger partial charge < -0.3 is 5.32 Å². The molecule has 0 fully saturated rings. The average Bonchev–Trinajstić information content (AvgIpc) is 2.61. The molecule has 0 radical (unpaired) electrons. The summed E-state index contributed by atoms with van der Waals surface area (Å²) in [5.74, 6) is 0. The summed E-state index contributed by atoms with van der Waals surface area (Å²) in [5, 5.41) is 12.7. The second kappa shape index (κ2) is 6.78. The molecule has 3 N–H and O–H groups in total. The van der Waals surface area contributed by atoms with Crippen molar-refractivity contribution in [2.75, 3.05) is 10.8 Å². The van der Waals surface area contributed by atoms with Crippen molar-refractivity contribution < 1.29 is 5.21 Å². The van der Waals surface area contributed by atoms with Crippen molar-refractivity contribution in [3.05, 3.63) is 84.4 Å². The van der Waals surface area contributed by atoms with E-state index < -0.39 is 0 Å². The van der Waals surface area contributed by atoms with Gasteiger partial charge in [0, 0.05) is 17.8 Å². The molecule has 0 unspecified atom stereocenters. The first-order chi connectivity index (χ1) is 10.9. The van der Waals surface area contributed by atoms with Crippen LogP contribution in [0.15, 0.2) is 78.9 Å². The van der Waals surface area contributed by atoms with E-state index in [0.29, 0.717) is 5.69 Å². The van der Waals surface area contributed by atoms with Gasteiger partial charge in [0.25, 0.3) is 0 Å². The quantitative estimate of drug-likeness (QED) is 0.593. The van der Waals surface area contributed by atoms with E-state index in [0.717, 1.165) is 23.4 Å². The molecule has 3 nitrogen and oxygen atoms in total. The Bertz CT molecular complexity index is 727. The van der Waals surface area contributed by atoms with E-state index in [1.807, 2.05) is 66.7 Å². The van der Waals surface area contributed by atoms with Crippen LogP contribution in [0, 0.1) is 0 Å². The van der Waals surface area contributed by atoms with Gasteiger partial charge in [0.15, 0.2) is 0 Å². The third-order valence-corrected chi connectivity index (χ3v) is 3.56. The fourth-order valence-corrected chi connectivity index (χ4v) is 2.41. The maximum absolute atomic E-state index is 9.31. The third-order valence-electron chi connectivity index (χ3n) is 3.56. The van der Waals surface area contributed by atoms with Crippen LogP contribution < -0.4 is 10.8 Å². The Labute approximate surface area is 130 Å². The highest BCUT2D eigenvalue weighted by Gasteiger charge is 2.06. The molecule has 3 aromatic rings. The summed E-state index contributed by atoms with van der Waals surface area (Å²) >= 11 is 0. The summed E-state index contributed by atoms with van der Waals surface area (Å²) in [5.41, 5.74) is 7.22. The number of anilines is 2. The first-order valence-electron chi connectivity index (χ1n) is 7.24. The molecule has 3 aromatic carbocycles. The average molecular weight is 290 g/mol. The molecule has 0 spiro atoms. The zero-order chi connectivity index (χ0) is 15.2. The molecule has 110 valence electrons. The normalized spacial score (nSPS) is 10.2. The number of nitrogens with one attached hydrogen (secondary N) is 2. The van der Waals surface area contributed by atoms with E-state index in [2.05, 4.69) is 22.9 Å². The fourth-order valence-electron chi connectivity index (χ4n) is 2.41. The molecule has 0 saturated carbocycles. The van der Waals surface area contributed by atoms with Crippen molar-refractivity contribution in [1.29, 1.82) is 0 Å². The van der Waals surface area contributed by atoms with Crippen LogP contribution >= 0.6 is 0 Å². The highest BCUT2D eigenvalue weighted by Crippen LogP contribution is 2.30. The Balaban J connectivity index is 1.84. The Morgan fingerprint density at radius 2 is 1.45 bits per heavy atom. The molecule has 0 aliphatic carbocycles. The second-order valence-electron chi connectivity index (χ2n) is 5.08. The summed E-state index contributed by atoms with van der Waals surface area (Å²) in [7, 11) is 0. The smallest absolute Gasteiger partial charge is 0.0681 e. The number of rotatable bonds is 5. The van der Waals surface area contributed by atoms with Crippen LogP contribution in [0.25, 0.3) is 11.1 Å². The number of benzene rings is 3. The van der Waals surface area contributed by atoms with Gasteiger partial charge >= 0.3 is 0 Å². The molecular formula is C19H18N2O. The summed E-state index contributed by atoms with van der Waals surface area (Å²) in [6.07, 6.45) is 0. The van der Waals surface area contributed by atoms with Crippen LogP contribution in [0.2, 0.25) is 0 Å². The zero-order valence-electron chi connectivity index (χ0n) is 12.2.